The smallest absolute Gasteiger partial charge is 0.236 e. The van der Waals surface area contributed by atoms with E-state index in [-0.39, 0.29) is 17.9 Å². The quantitative estimate of drug-likeness (QED) is 0.717. The van der Waals surface area contributed by atoms with Gasteiger partial charge >= 0.3 is 0 Å². The predicted octanol–water partition coefficient (Wildman–Crippen LogP) is 2.75. The van der Waals surface area contributed by atoms with Crippen molar-refractivity contribution in [1.29, 1.82) is 0 Å². The number of methoxy groups -OCH3 is 1. The van der Waals surface area contributed by atoms with Crippen molar-refractivity contribution in [3.8, 4) is 5.75 Å². The summed E-state index contributed by atoms with van der Waals surface area (Å²) in [4.78, 5) is 32.7. The van der Waals surface area contributed by atoms with Crippen molar-refractivity contribution in [2.24, 2.45) is 17.8 Å². The van der Waals surface area contributed by atoms with Crippen LogP contribution in [0, 0.1) is 17.8 Å². The first-order chi connectivity index (χ1) is 14.4. The number of fused-ring (bicyclic) bond motifs is 2. The molecule has 2 saturated heterocycles. The molecule has 4 atom stereocenters. The molecule has 2 aromatic rings. The molecule has 1 aromatic carbocycles. The molecular formula is C22H25N3O4S. The number of hydrogen-bond acceptors (Lipinski definition) is 6. The van der Waals surface area contributed by atoms with E-state index in [1.807, 2.05) is 30.4 Å². The predicted molar refractivity (Wildman–Crippen MR) is 115 cm³/mol. The van der Waals surface area contributed by atoms with E-state index in [2.05, 4.69) is 24.1 Å². The van der Waals surface area contributed by atoms with Crippen LogP contribution in [-0.4, -0.2) is 48.7 Å². The summed E-state index contributed by atoms with van der Waals surface area (Å²) in [5, 5.41) is 3.64. The first-order valence-electron chi connectivity index (χ1n) is 10.3. The van der Waals surface area contributed by atoms with Gasteiger partial charge in [-0.15, -0.1) is 0 Å². The highest BCUT2D eigenvalue weighted by molar-refractivity contribution is 7.22. The molecule has 0 aliphatic carbocycles. The molecule has 1 N–H and O–H groups in total. The third-order valence-corrected chi connectivity index (χ3v) is 7.30. The second-order valence-electron chi connectivity index (χ2n) is 8.63. The Morgan fingerprint density at radius 2 is 2.30 bits per heavy atom. The monoisotopic (exact) mass is 427 g/mol. The van der Waals surface area contributed by atoms with E-state index in [0.29, 0.717) is 24.1 Å². The van der Waals surface area contributed by atoms with Gasteiger partial charge in [0, 0.05) is 12.6 Å². The highest BCUT2D eigenvalue weighted by Crippen LogP contribution is 2.53. The molecule has 1 aromatic heterocycles. The molecule has 0 unspecified atom stereocenters. The van der Waals surface area contributed by atoms with Crippen molar-refractivity contribution in [2.75, 3.05) is 25.1 Å². The van der Waals surface area contributed by atoms with E-state index in [1.54, 1.807) is 12.0 Å². The molecule has 1 spiro atoms. The lowest BCUT2D eigenvalue weighted by atomic mass is 9.77. The number of anilines is 1. The molecule has 0 saturated carbocycles. The summed E-state index contributed by atoms with van der Waals surface area (Å²) in [6.07, 6.45) is 4.47. The molecule has 7 nitrogen and oxygen atoms in total. The van der Waals surface area contributed by atoms with Crippen LogP contribution in [-0.2, 0) is 14.3 Å². The fraction of sp³-hybridized carbons (Fsp3) is 0.500. The number of hydrogen-bond donors (Lipinski definition) is 1. The first-order valence-corrected chi connectivity index (χ1v) is 11.1. The fourth-order valence-corrected chi connectivity index (χ4v) is 5.65. The maximum absolute atomic E-state index is 13.4. The minimum Gasteiger partial charge on any atom is -0.497 e. The van der Waals surface area contributed by atoms with E-state index in [4.69, 9.17) is 9.47 Å². The lowest BCUT2D eigenvalue weighted by Crippen LogP contribution is -2.44. The number of nitrogens with zero attached hydrogens (tertiary/aromatic N) is 2. The van der Waals surface area contributed by atoms with Crippen LogP contribution in [0.4, 0.5) is 5.13 Å². The SMILES string of the molecule is COc1ccc2sc(N3C[C@@]45C=C[C@@H](O4)[C@@H](C(=O)NCCC(C)C)[C@H]5C3=O)nc2c1. The molecule has 30 heavy (non-hydrogen) atoms. The van der Waals surface area contributed by atoms with E-state index < -0.39 is 17.4 Å². The normalized spacial score (nSPS) is 29.3. The molecule has 158 valence electrons. The van der Waals surface area contributed by atoms with Gasteiger partial charge in [-0.3, -0.25) is 14.5 Å². The van der Waals surface area contributed by atoms with Gasteiger partial charge < -0.3 is 14.8 Å². The Kier molecular flexibility index (Phi) is 4.59. The summed E-state index contributed by atoms with van der Waals surface area (Å²) in [5.74, 6) is 0.0555. The Morgan fingerprint density at radius 1 is 1.47 bits per heavy atom. The van der Waals surface area contributed by atoms with E-state index >= 15 is 0 Å². The zero-order chi connectivity index (χ0) is 21.0. The minimum absolute atomic E-state index is 0.0862. The van der Waals surface area contributed by atoms with Gasteiger partial charge in [0.15, 0.2) is 5.13 Å². The molecular weight excluding hydrogens is 402 g/mol. The minimum atomic E-state index is -0.739. The Labute approximate surface area is 179 Å². The second kappa shape index (κ2) is 7.06. The fourth-order valence-electron chi connectivity index (χ4n) is 4.70. The second-order valence-corrected chi connectivity index (χ2v) is 9.64. The summed E-state index contributed by atoms with van der Waals surface area (Å²) in [7, 11) is 1.62. The lowest BCUT2D eigenvalue weighted by molar-refractivity contribution is -0.131. The van der Waals surface area contributed by atoms with Crippen LogP contribution in [0.1, 0.15) is 20.3 Å². The molecule has 8 heteroatoms. The number of ether oxygens (including phenoxy) is 2. The highest BCUT2D eigenvalue weighted by Gasteiger charge is 2.67. The highest BCUT2D eigenvalue weighted by atomic mass is 32.1. The summed E-state index contributed by atoms with van der Waals surface area (Å²) in [6.45, 7) is 5.24. The summed E-state index contributed by atoms with van der Waals surface area (Å²) in [6, 6.07) is 5.69. The number of carbonyl (C=O) groups excluding carboxylic acids is 2. The van der Waals surface area contributed by atoms with Crippen LogP contribution in [0.5, 0.6) is 5.75 Å². The van der Waals surface area contributed by atoms with Crippen molar-refractivity contribution in [3.63, 3.8) is 0 Å². The topological polar surface area (TPSA) is 80.8 Å². The van der Waals surface area contributed by atoms with Crippen molar-refractivity contribution < 1.29 is 19.1 Å². The number of carbonyl (C=O) groups is 2. The standard InChI is InChI=1S/C22H25N3O4S/c1-12(2)7-9-23-19(26)17-15-6-8-22(29-15)11-25(20(27)18(17)22)21-24-14-10-13(28-3)4-5-16(14)30-21/h4-6,8,10,12,15,17-18H,7,9,11H2,1-3H3,(H,23,26)/t15-,17-,18+,22-/m1/s1. The Balaban J connectivity index is 1.41. The van der Waals surface area contributed by atoms with Gasteiger partial charge in [0.05, 0.1) is 41.8 Å². The average molecular weight is 428 g/mol. The maximum atomic E-state index is 13.4. The van der Waals surface area contributed by atoms with Gasteiger partial charge in [-0.25, -0.2) is 4.98 Å². The molecule has 3 aliphatic rings. The van der Waals surface area contributed by atoms with Crippen molar-refractivity contribution in [1.82, 2.24) is 10.3 Å². The Bertz CT molecular complexity index is 1050. The van der Waals surface area contributed by atoms with Gasteiger partial charge in [-0.05, 0) is 24.5 Å². The average Bonchev–Trinajstić information content (AvgIpc) is 3.45. The zero-order valence-corrected chi connectivity index (χ0v) is 18.1. The summed E-state index contributed by atoms with van der Waals surface area (Å²) < 4.78 is 12.5. The number of nitrogens with one attached hydrogen (secondary N) is 1. The Hall–Kier alpha value is -2.45. The molecule has 2 bridgehead atoms. The van der Waals surface area contributed by atoms with Crippen LogP contribution in [0.3, 0.4) is 0 Å². The van der Waals surface area contributed by atoms with E-state index in [9.17, 15) is 9.59 Å². The molecule has 4 heterocycles. The van der Waals surface area contributed by atoms with Crippen molar-refractivity contribution >= 4 is 38.5 Å². The van der Waals surface area contributed by atoms with Gasteiger partial charge in [0.2, 0.25) is 11.8 Å². The number of rotatable bonds is 6. The molecule has 0 radical (unpaired) electrons. The number of amides is 2. The lowest BCUT2D eigenvalue weighted by Gasteiger charge is -2.23. The molecule has 3 aliphatic heterocycles. The summed E-state index contributed by atoms with van der Waals surface area (Å²) in [5.41, 5.74) is 0.0533. The van der Waals surface area contributed by atoms with Crippen LogP contribution < -0.4 is 15.0 Å². The third-order valence-electron chi connectivity index (χ3n) is 6.24. The maximum Gasteiger partial charge on any atom is 0.236 e. The van der Waals surface area contributed by atoms with Gasteiger partial charge in [0.1, 0.15) is 11.4 Å². The van der Waals surface area contributed by atoms with Gasteiger partial charge in [-0.1, -0.05) is 37.3 Å². The molecule has 2 fully saturated rings. The van der Waals surface area contributed by atoms with Crippen molar-refractivity contribution in [3.05, 3.63) is 30.4 Å². The zero-order valence-electron chi connectivity index (χ0n) is 17.3. The molecule has 2 amide bonds. The van der Waals surface area contributed by atoms with Crippen LogP contribution in [0.15, 0.2) is 30.4 Å². The van der Waals surface area contributed by atoms with Crippen LogP contribution in [0.25, 0.3) is 10.2 Å². The van der Waals surface area contributed by atoms with Crippen molar-refractivity contribution in [2.45, 2.75) is 32.0 Å². The largest absolute Gasteiger partial charge is 0.497 e. The number of benzene rings is 1. The van der Waals surface area contributed by atoms with Gasteiger partial charge in [-0.2, -0.15) is 0 Å². The van der Waals surface area contributed by atoms with E-state index in [1.165, 1.54) is 11.3 Å². The van der Waals surface area contributed by atoms with Crippen LogP contribution >= 0.6 is 11.3 Å². The Morgan fingerprint density at radius 3 is 3.07 bits per heavy atom. The number of thiazole rings is 1. The summed E-state index contributed by atoms with van der Waals surface area (Å²) >= 11 is 1.46. The number of aromatic nitrogens is 1. The molecule has 5 rings (SSSR count). The van der Waals surface area contributed by atoms with E-state index in [0.717, 1.165) is 22.4 Å². The van der Waals surface area contributed by atoms with Gasteiger partial charge in [0.25, 0.3) is 0 Å². The first kappa shape index (κ1) is 19.5. The third kappa shape index (κ3) is 2.93. The van der Waals surface area contributed by atoms with Crippen LogP contribution in [0.2, 0.25) is 0 Å².